The number of hydrogen-bond donors (Lipinski definition) is 5. The smallest absolute Gasteiger partial charge is 0.335 e. The summed E-state index contributed by atoms with van der Waals surface area (Å²) in [4.78, 5) is 55.3. The first kappa shape index (κ1) is 26.6. The quantitative estimate of drug-likeness (QED) is 0.271. The number of amides is 4. The molecule has 3 aromatic rings. The standard InChI is InChI=1S/C26H27N5O6S/c1-2-11-31(26(37)28-18-8-4-6-16(13-18)23(34)35)19-9-10-20-21(14-19)38-25(29-20)30-24(36)27-17-7-3-5-15(12-17)22(32)33/h3-8,12-13,19H,2,9-11,14H2,1H3,(H,28,37)(H,32,33)(H,34,35)(H2,27,29,30,36). The van der Waals surface area contributed by atoms with Crippen LogP contribution in [0.4, 0.5) is 26.1 Å². The van der Waals surface area contributed by atoms with E-state index in [4.69, 9.17) is 5.11 Å². The number of hydrogen-bond acceptors (Lipinski definition) is 6. The van der Waals surface area contributed by atoms with Crippen molar-refractivity contribution in [1.29, 1.82) is 0 Å². The summed E-state index contributed by atoms with van der Waals surface area (Å²) in [7, 11) is 0. The number of carboxylic acids is 2. The molecule has 198 valence electrons. The molecule has 0 saturated heterocycles. The number of thiazole rings is 1. The minimum atomic E-state index is -1.09. The van der Waals surface area contributed by atoms with Crippen LogP contribution in [0.5, 0.6) is 0 Å². The van der Waals surface area contributed by atoms with Crippen molar-refractivity contribution in [2.24, 2.45) is 0 Å². The number of urea groups is 2. The van der Waals surface area contributed by atoms with Gasteiger partial charge in [0.2, 0.25) is 0 Å². The fraction of sp³-hybridized carbons (Fsp3) is 0.269. The number of rotatable bonds is 8. The van der Waals surface area contributed by atoms with Gasteiger partial charge in [0.15, 0.2) is 5.13 Å². The normalized spacial score (nSPS) is 14.2. The number of nitrogens with one attached hydrogen (secondary N) is 3. The maximum absolute atomic E-state index is 13.1. The molecule has 1 unspecified atom stereocenters. The number of fused-ring (bicyclic) bond motifs is 1. The van der Waals surface area contributed by atoms with Crippen molar-refractivity contribution in [3.05, 3.63) is 70.2 Å². The molecule has 0 radical (unpaired) electrons. The number of aromatic carboxylic acids is 2. The van der Waals surface area contributed by atoms with Crippen molar-refractivity contribution in [3.8, 4) is 0 Å². The van der Waals surface area contributed by atoms with Gasteiger partial charge in [-0.2, -0.15) is 0 Å². The maximum atomic E-state index is 13.1. The highest BCUT2D eigenvalue weighted by molar-refractivity contribution is 7.15. The largest absolute Gasteiger partial charge is 0.478 e. The van der Waals surface area contributed by atoms with Crippen LogP contribution in [0.15, 0.2) is 48.5 Å². The lowest BCUT2D eigenvalue weighted by Gasteiger charge is -2.33. The Bertz CT molecular complexity index is 1370. The molecule has 4 rings (SSSR count). The Labute approximate surface area is 222 Å². The van der Waals surface area contributed by atoms with Crippen molar-refractivity contribution >= 4 is 51.8 Å². The summed E-state index contributed by atoms with van der Waals surface area (Å²) in [6, 6.07) is 11.2. The molecule has 1 aliphatic carbocycles. The van der Waals surface area contributed by atoms with E-state index in [9.17, 15) is 24.3 Å². The number of aromatic nitrogens is 1. The fourth-order valence-corrected chi connectivity index (χ4v) is 5.36. The minimum absolute atomic E-state index is 0.0637. The zero-order chi connectivity index (χ0) is 27.2. The predicted molar refractivity (Wildman–Crippen MR) is 143 cm³/mol. The molecule has 4 amide bonds. The number of benzene rings is 2. The molecule has 0 aliphatic heterocycles. The van der Waals surface area contributed by atoms with Gasteiger partial charge in [0.25, 0.3) is 0 Å². The third kappa shape index (κ3) is 6.45. The van der Waals surface area contributed by atoms with Gasteiger partial charge in [-0.1, -0.05) is 19.1 Å². The second-order valence-electron chi connectivity index (χ2n) is 8.76. The first-order chi connectivity index (χ1) is 18.2. The average Bonchev–Trinajstić information content (AvgIpc) is 3.28. The van der Waals surface area contributed by atoms with Crippen LogP contribution >= 0.6 is 11.3 Å². The van der Waals surface area contributed by atoms with Gasteiger partial charge in [-0.05, 0) is 55.7 Å². The number of carbonyl (C=O) groups is 4. The molecule has 1 aromatic heterocycles. The van der Waals surface area contributed by atoms with E-state index in [0.717, 1.165) is 17.0 Å². The third-order valence-electron chi connectivity index (χ3n) is 6.03. The SMILES string of the molecule is CCCN(C(=O)Nc1cccc(C(=O)O)c1)C1CCc2nc(NC(=O)Nc3cccc(C(=O)O)c3)sc2C1. The van der Waals surface area contributed by atoms with E-state index in [-0.39, 0.29) is 23.2 Å². The Morgan fingerprint density at radius 1 is 0.974 bits per heavy atom. The lowest BCUT2D eigenvalue weighted by Crippen LogP contribution is -2.45. The van der Waals surface area contributed by atoms with Gasteiger partial charge in [-0.3, -0.25) is 5.32 Å². The molecule has 0 fully saturated rings. The monoisotopic (exact) mass is 537 g/mol. The van der Waals surface area contributed by atoms with Crippen LogP contribution in [0.2, 0.25) is 0 Å². The zero-order valence-corrected chi connectivity index (χ0v) is 21.4. The molecule has 0 bridgehead atoms. The maximum Gasteiger partial charge on any atom is 0.335 e. The number of anilines is 3. The van der Waals surface area contributed by atoms with Crippen LogP contribution in [-0.2, 0) is 12.8 Å². The van der Waals surface area contributed by atoms with Gasteiger partial charge in [-0.25, -0.2) is 24.2 Å². The molecule has 1 aliphatic rings. The predicted octanol–water partition coefficient (Wildman–Crippen LogP) is 4.98. The summed E-state index contributed by atoms with van der Waals surface area (Å²) in [5.74, 6) is -2.15. The van der Waals surface area contributed by atoms with Crippen LogP contribution in [0, 0.1) is 0 Å². The summed E-state index contributed by atoms with van der Waals surface area (Å²) in [6.07, 6.45) is 2.68. The van der Waals surface area contributed by atoms with E-state index in [1.165, 1.54) is 35.6 Å². The highest BCUT2D eigenvalue weighted by atomic mass is 32.1. The topological polar surface area (TPSA) is 161 Å². The van der Waals surface area contributed by atoms with Gasteiger partial charge >= 0.3 is 24.0 Å². The zero-order valence-electron chi connectivity index (χ0n) is 20.6. The van der Waals surface area contributed by atoms with E-state index >= 15 is 0 Å². The fourth-order valence-electron chi connectivity index (χ4n) is 4.28. The van der Waals surface area contributed by atoms with Crippen LogP contribution in [0.1, 0.15) is 51.1 Å². The highest BCUT2D eigenvalue weighted by Gasteiger charge is 2.30. The molecular formula is C26H27N5O6S. The van der Waals surface area contributed by atoms with E-state index in [2.05, 4.69) is 20.9 Å². The Kier molecular flexibility index (Phi) is 8.22. The van der Waals surface area contributed by atoms with Gasteiger partial charge in [0.05, 0.1) is 16.8 Å². The van der Waals surface area contributed by atoms with Gasteiger partial charge in [-0.15, -0.1) is 11.3 Å². The second-order valence-corrected chi connectivity index (χ2v) is 9.84. The van der Waals surface area contributed by atoms with E-state index in [1.54, 1.807) is 29.2 Å². The van der Waals surface area contributed by atoms with Gasteiger partial charge in [0.1, 0.15) is 0 Å². The summed E-state index contributed by atoms with van der Waals surface area (Å²) in [5, 5.41) is 26.9. The molecule has 2 aromatic carbocycles. The lowest BCUT2D eigenvalue weighted by molar-refractivity contribution is 0.0686. The minimum Gasteiger partial charge on any atom is -0.478 e. The van der Waals surface area contributed by atoms with Crippen molar-refractivity contribution in [1.82, 2.24) is 9.88 Å². The Hall–Kier alpha value is -4.45. The second kappa shape index (κ2) is 11.7. The van der Waals surface area contributed by atoms with E-state index < -0.39 is 18.0 Å². The molecule has 0 spiro atoms. The molecule has 1 atom stereocenters. The average molecular weight is 538 g/mol. The number of aryl methyl sites for hydroxylation is 1. The number of carbonyl (C=O) groups excluding carboxylic acids is 2. The molecular weight excluding hydrogens is 510 g/mol. The summed E-state index contributed by atoms with van der Waals surface area (Å²) >= 11 is 1.34. The first-order valence-corrected chi connectivity index (χ1v) is 12.9. The van der Waals surface area contributed by atoms with Crippen LogP contribution in [0.25, 0.3) is 0 Å². The van der Waals surface area contributed by atoms with Gasteiger partial charge < -0.3 is 25.7 Å². The van der Waals surface area contributed by atoms with Crippen LogP contribution in [0.3, 0.4) is 0 Å². The summed E-state index contributed by atoms with van der Waals surface area (Å²) in [5.41, 5.74) is 1.79. The number of carboxylic acid groups (broad SMARTS) is 2. The molecule has 0 saturated carbocycles. The lowest BCUT2D eigenvalue weighted by atomic mass is 9.96. The Morgan fingerprint density at radius 3 is 2.21 bits per heavy atom. The van der Waals surface area contributed by atoms with E-state index in [1.807, 2.05) is 6.92 Å². The molecule has 12 heteroatoms. The summed E-state index contributed by atoms with van der Waals surface area (Å²) < 4.78 is 0. The highest BCUT2D eigenvalue weighted by Crippen LogP contribution is 2.32. The van der Waals surface area contributed by atoms with Crippen LogP contribution in [-0.4, -0.2) is 56.7 Å². The molecule has 11 nitrogen and oxygen atoms in total. The summed E-state index contributed by atoms with van der Waals surface area (Å²) in [6.45, 7) is 2.52. The van der Waals surface area contributed by atoms with Crippen molar-refractivity contribution in [3.63, 3.8) is 0 Å². The Balaban J connectivity index is 1.40. The van der Waals surface area contributed by atoms with E-state index in [0.29, 0.717) is 42.3 Å². The van der Waals surface area contributed by atoms with Crippen molar-refractivity contribution in [2.75, 3.05) is 22.5 Å². The first-order valence-electron chi connectivity index (χ1n) is 12.0. The number of nitrogens with zero attached hydrogens (tertiary/aromatic N) is 2. The molecule has 5 N–H and O–H groups in total. The molecule has 1 heterocycles. The van der Waals surface area contributed by atoms with Crippen LogP contribution < -0.4 is 16.0 Å². The van der Waals surface area contributed by atoms with Crippen molar-refractivity contribution < 1.29 is 29.4 Å². The third-order valence-corrected chi connectivity index (χ3v) is 7.06. The van der Waals surface area contributed by atoms with Gasteiger partial charge in [0, 0.05) is 35.3 Å². The Morgan fingerprint density at radius 2 is 1.61 bits per heavy atom. The molecule has 38 heavy (non-hydrogen) atoms. The van der Waals surface area contributed by atoms with Crippen molar-refractivity contribution in [2.45, 2.75) is 38.6 Å².